The zero-order chi connectivity index (χ0) is 7.98. The Bertz CT molecular complexity index is 160. The second-order valence-electron chi connectivity index (χ2n) is 1.63. The lowest BCUT2D eigenvalue weighted by Gasteiger charge is -2.04. The molecule has 0 heterocycles. The Balaban J connectivity index is 3.82. The van der Waals surface area contributed by atoms with Crippen molar-refractivity contribution in [2.75, 3.05) is 0 Å². The van der Waals surface area contributed by atoms with E-state index in [-0.39, 0.29) is 6.10 Å². The van der Waals surface area contributed by atoms with Crippen LogP contribution in [0.4, 0.5) is 0 Å². The lowest BCUT2D eigenvalue weighted by atomic mass is 10.3. The first-order chi connectivity index (χ1) is 4.70. The van der Waals surface area contributed by atoms with Crippen LogP contribution in [0.1, 0.15) is 13.3 Å². The quantitative estimate of drug-likeness (QED) is 0.500. The molecular formula is C6H10O3S. The van der Waals surface area contributed by atoms with E-state index in [0.717, 1.165) is 0 Å². The number of hydrogen-bond donors (Lipinski definition) is 1. The monoisotopic (exact) mass is 162 g/mol. The van der Waals surface area contributed by atoms with E-state index < -0.39 is 11.4 Å². The summed E-state index contributed by atoms with van der Waals surface area (Å²) in [4.78, 5) is 0. The van der Waals surface area contributed by atoms with Crippen molar-refractivity contribution in [1.82, 2.24) is 0 Å². The summed E-state index contributed by atoms with van der Waals surface area (Å²) in [6.45, 7) is 5.15. The van der Waals surface area contributed by atoms with Crippen LogP contribution in [0.5, 0.6) is 0 Å². The molecule has 0 aliphatic carbocycles. The average Bonchev–Trinajstić information content (AvgIpc) is 1.86. The van der Waals surface area contributed by atoms with Gasteiger partial charge in [0.25, 0.3) is 0 Å². The molecule has 0 aromatic carbocycles. The van der Waals surface area contributed by atoms with Gasteiger partial charge in [-0.3, -0.25) is 8.74 Å². The van der Waals surface area contributed by atoms with E-state index in [0.29, 0.717) is 6.42 Å². The molecule has 4 heteroatoms. The standard InChI is InChI=1S/C6H10O3S/c1-3-5-6(4-2)9-10(7)8/h5-6H,1,4H2,2H3,(H,7,8). The Labute approximate surface area is 62.9 Å². The average molecular weight is 162 g/mol. The van der Waals surface area contributed by atoms with E-state index >= 15 is 0 Å². The molecule has 0 aromatic rings. The van der Waals surface area contributed by atoms with Crippen molar-refractivity contribution >= 4 is 11.4 Å². The molecule has 0 fully saturated rings. The van der Waals surface area contributed by atoms with Crippen LogP contribution >= 0.6 is 0 Å². The summed E-state index contributed by atoms with van der Waals surface area (Å²) in [5, 5.41) is 0. The Hall–Kier alpha value is -0.410. The minimum Gasteiger partial charge on any atom is -0.284 e. The zero-order valence-corrected chi connectivity index (χ0v) is 6.56. The summed E-state index contributed by atoms with van der Waals surface area (Å²) in [6.07, 6.45) is 1.78. The fourth-order valence-electron chi connectivity index (χ4n) is 0.451. The molecule has 0 bridgehead atoms. The molecule has 0 amide bonds. The van der Waals surface area contributed by atoms with Gasteiger partial charge in [-0.25, -0.2) is 0 Å². The molecule has 0 saturated heterocycles. The van der Waals surface area contributed by atoms with Gasteiger partial charge < -0.3 is 0 Å². The Morgan fingerprint density at radius 3 is 2.90 bits per heavy atom. The summed E-state index contributed by atoms with van der Waals surface area (Å²) in [5.41, 5.74) is 2.48. The molecule has 1 N–H and O–H groups in total. The highest BCUT2D eigenvalue weighted by atomic mass is 32.2. The van der Waals surface area contributed by atoms with Gasteiger partial charge in [-0.1, -0.05) is 13.5 Å². The second-order valence-corrected chi connectivity index (χ2v) is 2.26. The highest BCUT2D eigenvalue weighted by Crippen LogP contribution is 1.99. The van der Waals surface area contributed by atoms with Crippen LogP contribution < -0.4 is 0 Å². The highest BCUT2D eigenvalue weighted by Gasteiger charge is 2.04. The van der Waals surface area contributed by atoms with Gasteiger partial charge in [0, 0.05) is 0 Å². The van der Waals surface area contributed by atoms with Crippen LogP contribution in [-0.2, 0) is 15.5 Å². The van der Waals surface area contributed by atoms with E-state index in [2.05, 4.69) is 16.5 Å². The molecule has 0 aromatic heterocycles. The SMILES string of the molecule is C=C=CC(CC)OS(=O)O. The lowest BCUT2D eigenvalue weighted by molar-refractivity contribution is 0.244. The van der Waals surface area contributed by atoms with Crippen LogP contribution in [0.3, 0.4) is 0 Å². The van der Waals surface area contributed by atoms with E-state index in [9.17, 15) is 4.21 Å². The summed E-state index contributed by atoms with van der Waals surface area (Å²) in [7, 11) is 0. The van der Waals surface area contributed by atoms with Gasteiger partial charge in [0.1, 0.15) is 6.10 Å². The number of hydrogen-bond acceptors (Lipinski definition) is 2. The van der Waals surface area contributed by atoms with Crippen molar-refractivity contribution in [2.24, 2.45) is 0 Å². The molecule has 2 unspecified atom stereocenters. The summed E-state index contributed by atoms with van der Waals surface area (Å²) in [6, 6.07) is 0. The molecule has 58 valence electrons. The Morgan fingerprint density at radius 2 is 2.60 bits per heavy atom. The van der Waals surface area contributed by atoms with Crippen LogP contribution in [0.15, 0.2) is 18.4 Å². The van der Waals surface area contributed by atoms with Crippen molar-refractivity contribution in [3.63, 3.8) is 0 Å². The van der Waals surface area contributed by atoms with Gasteiger partial charge in [0.15, 0.2) is 0 Å². The van der Waals surface area contributed by atoms with Crippen molar-refractivity contribution in [3.8, 4) is 0 Å². The second kappa shape index (κ2) is 5.38. The highest BCUT2D eigenvalue weighted by molar-refractivity contribution is 7.74. The normalized spacial score (nSPS) is 15.4. The molecule has 0 saturated carbocycles. The van der Waals surface area contributed by atoms with E-state index in [4.69, 9.17) is 4.55 Å². The van der Waals surface area contributed by atoms with Crippen LogP contribution in [0.25, 0.3) is 0 Å². The van der Waals surface area contributed by atoms with Gasteiger partial charge in [-0.15, -0.1) is 5.73 Å². The van der Waals surface area contributed by atoms with Crippen molar-refractivity contribution in [2.45, 2.75) is 19.4 Å². The third kappa shape index (κ3) is 4.47. The van der Waals surface area contributed by atoms with Crippen molar-refractivity contribution in [3.05, 3.63) is 18.4 Å². The fourth-order valence-corrected chi connectivity index (χ4v) is 0.854. The van der Waals surface area contributed by atoms with Gasteiger partial charge in [0.05, 0.1) is 0 Å². The predicted octanol–water partition coefficient (Wildman–Crippen LogP) is 1.26. The van der Waals surface area contributed by atoms with E-state index in [1.165, 1.54) is 6.08 Å². The maximum Gasteiger partial charge on any atom is 0.302 e. The molecule has 0 radical (unpaired) electrons. The molecule has 2 atom stereocenters. The largest absolute Gasteiger partial charge is 0.302 e. The van der Waals surface area contributed by atoms with E-state index in [1.54, 1.807) is 0 Å². The van der Waals surface area contributed by atoms with Crippen molar-refractivity contribution < 1.29 is 12.9 Å². The summed E-state index contributed by atoms with van der Waals surface area (Å²) in [5.74, 6) is 0. The number of rotatable bonds is 4. The summed E-state index contributed by atoms with van der Waals surface area (Å²) >= 11 is -2.20. The zero-order valence-electron chi connectivity index (χ0n) is 5.74. The molecule has 3 nitrogen and oxygen atoms in total. The molecule has 0 aliphatic heterocycles. The third-order valence-corrected chi connectivity index (χ3v) is 1.32. The smallest absolute Gasteiger partial charge is 0.284 e. The topological polar surface area (TPSA) is 46.5 Å². The minimum atomic E-state index is -2.20. The van der Waals surface area contributed by atoms with Crippen molar-refractivity contribution in [1.29, 1.82) is 0 Å². The molecule has 10 heavy (non-hydrogen) atoms. The predicted molar refractivity (Wildman–Crippen MR) is 39.6 cm³/mol. The Morgan fingerprint density at radius 1 is 2.00 bits per heavy atom. The van der Waals surface area contributed by atoms with Crippen LogP contribution in [0.2, 0.25) is 0 Å². The molecule has 0 aliphatic rings. The third-order valence-electron chi connectivity index (χ3n) is 0.912. The lowest BCUT2D eigenvalue weighted by Crippen LogP contribution is -2.09. The minimum absolute atomic E-state index is 0.358. The van der Waals surface area contributed by atoms with Gasteiger partial charge in [0.2, 0.25) is 0 Å². The van der Waals surface area contributed by atoms with Crippen LogP contribution in [-0.4, -0.2) is 14.9 Å². The molecular weight excluding hydrogens is 152 g/mol. The fraction of sp³-hybridized carbons (Fsp3) is 0.500. The molecule has 0 rings (SSSR count). The molecule has 0 spiro atoms. The maximum atomic E-state index is 10.1. The first-order valence-electron chi connectivity index (χ1n) is 2.84. The maximum absolute atomic E-state index is 10.1. The Kier molecular flexibility index (Phi) is 5.16. The van der Waals surface area contributed by atoms with Gasteiger partial charge >= 0.3 is 11.4 Å². The van der Waals surface area contributed by atoms with Gasteiger partial charge in [-0.05, 0) is 12.5 Å². The van der Waals surface area contributed by atoms with Gasteiger partial charge in [-0.2, -0.15) is 4.21 Å². The first-order valence-corrected chi connectivity index (χ1v) is 3.87. The van der Waals surface area contributed by atoms with E-state index in [1.807, 2.05) is 6.92 Å². The summed E-state index contributed by atoms with van der Waals surface area (Å²) < 4.78 is 22.8. The van der Waals surface area contributed by atoms with Crippen LogP contribution in [0, 0.1) is 0 Å². The first kappa shape index (κ1) is 9.59.